The molecule has 2 heterocycles. The molecular formula is C12H20N2O2S. The molecule has 1 unspecified atom stereocenters. The number of amides is 2. The van der Waals surface area contributed by atoms with Crippen molar-refractivity contribution >= 4 is 23.6 Å². The monoisotopic (exact) mass is 256 g/mol. The normalized spacial score (nSPS) is 27.2. The van der Waals surface area contributed by atoms with Gasteiger partial charge in [0.05, 0.1) is 12.5 Å². The van der Waals surface area contributed by atoms with Gasteiger partial charge >= 0.3 is 0 Å². The zero-order valence-corrected chi connectivity index (χ0v) is 11.3. The fourth-order valence-corrected chi connectivity index (χ4v) is 3.58. The van der Waals surface area contributed by atoms with Crippen LogP contribution in [0.1, 0.15) is 33.1 Å². The Balaban J connectivity index is 1.94. The lowest BCUT2D eigenvalue weighted by Crippen LogP contribution is -2.46. The molecule has 1 N–H and O–H groups in total. The Morgan fingerprint density at radius 2 is 1.94 bits per heavy atom. The van der Waals surface area contributed by atoms with E-state index in [2.05, 4.69) is 5.32 Å². The molecule has 2 rings (SSSR count). The van der Waals surface area contributed by atoms with E-state index in [0.29, 0.717) is 12.5 Å². The number of nitrogens with one attached hydrogen (secondary N) is 1. The average molecular weight is 256 g/mol. The molecule has 0 aromatic heterocycles. The largest absolute Gasteiger partial charge is 0.303 e. The minimum Gasteiger partial charge on any atom is -0.303 e. The highest BCUT2D eigenvalue weighted by molar-refractivity contribution is 7.99. The third-order valence-corrected chi connectivity index (χ3v) is 4.41. The van der Waals surface area contributed by atoms with Crippen LogP contribution in [0.3, 0.4) is 0 Å². The van der Waals surface area contributed by atoms with Crippen LogP contribution in [0.5, 0.6) is 0 Å². The van der Waals surface area contributed by atoms with Gasteiger partial charge in [0.15, 0.2) is 0 Å². The predicted molar refractivity (Wildman–Crippen MR) is 68.9 cm³/mol. The van der Waals surface area contributed by atoms with E-state index in [9.17, 15) is 9.59 Å². The van der Waals surface area contributed by atoms with Gasteiger partial charge in [0, 0.05) is 12.1 Å². The summed E-state index contributed by atoms with van der Waals surface area (Å²) in [6.07, 6.45) is 2.54. The van der Waals surface area contributed by atoms with Crippen molar-refractivity contribution < 1.29 is 9.59 Å². The van der Waals surface area contributed by atoms with Crippen molar-refractivity contribution in [3.63, 3.8) is 0 Å². The first kappa shape index (κ1) is 12.9. The Hall–Kier alpha value is -0.550. The number of carbonyl (C=O) groups is 2. The zero-order valence-electron chi connectivity index (χ0n) is 10.4. The Bertz CT molecular complexity index is 314. The summed E-state index contributed by atoms with van der Waals surface area (Å²) >= 11 is 1.96. The molecule has 0 saturated carbocycles. The number of hydrogen-bond acceptors (Lipinski definition) is 4. The minimum absolute atomic E-state index is 0.0243. The molecule has 5 heteroatoms. The summed E-state index contributed by atoms with van der Waals surface area (Å²) in [6, 6.07) is 0.104. The summed E-state index contributed by atoms with van der Waals surface area (Å²) in [6.45, 7) is 3.77. The summed E-state index contributed by atoms with van der Waals surface area (Å²) in [5.41, 5.74) is 0. The number of imide groups is 1. The molecule has 0 aromatic rings. The molecule has 0 aliphatic carbocycles. The first-order valence-corrected chi connectivity index (χ1v) is 7.44. The first-order valence-electron chi connectivity index (χ1n) is 6.29. The highest BCUT2D eigenvalue weighted by atomic mass is 32.2. The van der Waals surface area contributed by atoms with Crippen molar-refractivity contribution in [1.82, 2.24) is 10.2 Å². The maximum Gasteiger partial charge on any atom is 0.247 e. The summed E-state index contributed by atoms with van der Waals surface area (Å²) < 4.78 is 0. The number of hydrogen-bond donors (Lipinski definition) is 1. The van der Waals surface area contributed by atoms with Gasteiger partial charge in [0.2, 0.25) is 11.8 Å². The number of carbonyl (C=O) groups excluding carboxylic acids is 2. The van der Waals surface area contributed by atoms with Crippen LogP contribution in [0.15, 0.2) is 0 Å². The Morgan fingerprint density at radius 1 is 1.29 bits per heavy atom. The van der Waals surface area contributed by atoms with Gasteiger partial charge in [-0.15, -0.1) is 0 Å². The van der Waals surface area contributed by atoms with E-state index in [-0.39, 0.29) is 23.9 Å². The lowest BCUT2D eigenvalue weighted by atomic mass is 10.1. The second-order valence-electron chi connectivity index (χ2n) is 5.01. The van der Waals surface area contributed by atoms with Crippen molar-refractivity contribution in [2.75, 3.05) is 11.5 Å². The maximum atomic E-state index is 12.1. The van der Waals surface area contributed by atoms with Gasteiger partial charge in [0.25, 0.3) is 0 Å². The van der Waals surface area contributed by atoms with Crippen molar-refractivity contribution in [3.05, 3.63) is 0 Å². The topological polar surface area (TPSA) is 49.4 Å². The van der Waals surface area contributed by atoms with Gasteiger partial charge in [0.1, 0.15) is 0 Å². The van der Waals surface area contributed by atoms with E-state index in [1.165, 1.54) is 4.90 Å². The molecule has 2 fully saturated rings. The molecule has 2 aliphatic rings. The van der Waals surface area contributed by atoms with Gasteiger partial charge in [-0.25, -0.2) is 0 Å². The van der Waals surface area contributed by atoms with Crippen LogP contribution >= 0.6 is 11.8 Å². The summed E-state index contributed by atoms with van der Waals surface area (Å²) in [4.78, 5) is 25.2. The Morgan fingerprint density at radius 3 is 2.47 bits per heavy atom. The second kappa shape index (κ2) is 5.40. The van der Waals surface area contributed by atoms with E-state index < -0.39 is 0 Å². The molecular weight excluding hydrogens is 236 g/mol. The van der Waals surface area contributed by atoms with Gasteiger partial charge < -0.3 is 5.32 Å². The van der Waals surface area contributed by atoms with E-state index in [1.807, 2.05) is 25.6 Å². The van der Waals surface area contributed by atoms with Crippen LogP contribution in [-0.2, 0) is 9.59 Å². The smallest absolute Gasteiger partial charge is 0.247 e. The molecule has 4 nitrogen and oxygen atoms in total. The number of rotatable bonds is 3. The molecule has 0 bridgehead atoms. The van der Waals surface area contributed by atoms with Gasteiger partial charge in [-0.1, -0.05) is 0 Å². The quantitative estimate of drug-likeness (QED) is 0.766. The number of thioether (sulfide) groups is 1. The third-order valence-electron chi connectivity index (χ3n) is 3.36. The fourth-order valence-electron chi connectivity index (χ4n) is 2.47. The summed E-state index contributed by atoms with van der Waals surface area (Å²) in [7, 11) is 0. The molecule has 0 spiro atoms. The van der Waals surface area contributed by atoms with Crippen molar-refractivity contribution in [3.8, 4) is 0 Å². The lowest BCUT2D eigenvalue weighted by molar-refractivity contribution is -0.140. The second-order valence-corrected chi connectivity index (χ2v) is 6.23. The standard InChI is InChI=1S/C12H20N2O2S/c1-8(2)14-11(15)7-10(12(14)16)13-9-3-5-17-6-4-9/h8-10,13H,3-7H2,1-2H3. The van der Waals surface area contributed by atoms with Crippen molar-refractivity contribution in [1.29, 1.82) is 0 Å². The molecule has 2 saturated heterocycles. The molecule has 1 atom stereocenters. The maximum absolute atomic E-state index is 12.1. The molecule has 17 heavy (non-hydrogen) atoms. The number of nitrogens with zero attached hydrogens (tertiary/aromatic N) is 1. The average Bonchev–Trinajstić information content (AvgIpc) is 2.55. The fraction of sp³-hybridized carbons (Fsp3) is 0.833. The lowest BCUT2D eigenvalue weighted by Gasteiger charge is -2.25. The predicted octanol–water partition coefficient (Wildman–Crippen LogP) is 1.01. The van der Waals surface area contributed by atoms with E-state index in [1.54, 1.807) is 0 Å². The van der Waals surface area contributed by atoms with Crippen LogP contribution in [-0.4, -0.2) is 46.3 Å². The van der Waals surface area contributed by atoms with Crippen molar-refractivity contribution in [2.45, 2.75) is 51.2 Å². The summed E-state index contributed by atoms with van der Waals surface area (Å²) in [5.74, 6) is 2.23. The highest BCUT2D eigenvalue weighted by Crippen LogP contribution is 2.21. The first-order chi connectivity index (χ1) is 8.09. The molecule has 2 amide bonds. The Labute approximate surface area is 106 Å². The van der Waals surface area contributed by atoms with E-state index >= 15 is 0 Å². The summed E-state index contributed by atoms with van der Waals surface area (Å²) in [5, 5.41) is 3.36. The van der Waals surface area contributed by atoms with E-state index in [0.717, 1.165) is 24.3 Å². The Kier molecular flexibility index (Phi) is 4.09. The van der Waals surface area contributed by atoms with Crippen LogP contribution in [0.25, 0.3) is 0 Å². The van der Waals surface area contributed by atoms with Crippen LogP contribution in [0, 0.1) is 0 Å². The SMILES string of the molecule is CC(C)N1C(=O)CC(NC2CCSCC2)C1=O. The van der Waals surface area contributed by atoms with Gasteiger partial charge in [-0.2, -0.15) is 11.8 Å². The third kappa shape index (κ3) is 2.83. The van der Waals surface area contributed by atoms with Gasteiger partial charge in [-0.05, 0) is 38.2 Å². The van der Waals surface area contributed by atoms with Crippen molar-refractivity contribution in [2.24, 2.45) is 0 Å². The molecule has 0 radical (unpaired) electrons. The van der Waals surface area contributed by atoms with Crippen LogP contribution < -0.4 is 5.32 Å². The highest BCUT2D eigenvalue weighted by Gasteiger charge is 2.40. The van der Waals surface area contributed by atoms with Crippen LogP contribution in [0.4, 0.5) is 0 Å². The molecule has 96 valence electrons. The number of likely N-dealkylation sites (tertiary alicyclic amines) is 1. The van der Waals surface area contributed by atoms with Gasteiger partial charge in [-0.3, -0.25) is 14.5 Å². The molecule has 0 aromatic carbocycles. The molecule has 2 aliphatic heterocycles. The minimum atomic E-state index is -0.280. The van der Waals surface area contributed by atoms with Crippen LogP contribution in [0.2, 0.25) is 0 Å². The van der Waals surface area contributed by atoms with E-state index in [4.69, 9.17) is 0 Å². The zero-order chi connectivity index (χ0) is 12.4.